The molecule has 1 atom stereocenters. The fourth-order valence-corrected chi connectivity index (χ4v) is 2.56. The van der Waals surface area contributed by atoms with Gasteiger partial charge in [-0.05, 0) is 24.3 Å². The van der Waals surface area contributed by atoms with Crippen molar-refractivity contribution in [3.8, 4) is 0 Å². The minimum Gasteiger partial charge on any atom is -0.332 e. The molecule has 0 radical (unpaired) electrons. The molecule has 19 heavy (non-hydrogen) atoms. The Morgan fingerprint density at radius 3 is 2.00 bits per heavy atom. The van der Waals surface area contributed by atoms with Crippen molar-refractivity contribution in [3.63, 3.8) is 0 Å². The van der Waals surface area contributed by atoms with Gasteiger partial charge >= 0.3 is 12.1 Å². The number of halogens is 6. The van der Waals surface area contributed by atoms with Crippen LogP contribution >= 0.6 is 0 Å². The van der Waals surface area contributed by atoms with Crippen molar-refractivity contribution in [1.29, 1.82) is 0 Å². The van der Waals surface area contributed by atoms with Gasteiger partial charge in [-0.15, -0.1) is 0 Å². The van der Waals surface area contributed by atoms with Gasteiger partial charge in [-0.25, -0.2) is 4.39 Å². The van der Waals surface area contributed by atoms with Crippen LogP contribution in [0.1, 0.15) is 18.4 Å². The van der Waals surface area contributed by atoms with Crippen LogP contribution in [0.5, 0.6) is 0 Å². The molecule has 1 aliphatic heterocycles. The average Bonchev–Trinajstić information content (AvgIpc) is 2.79. The minimum absolute atomic E-state index is 0.184. The molecule has 0 amide bonds. The van der Waals surface area contributed by atoms with E-state index in [4.69, 9.17) is 0 Å². The maximum atomic E-state index is 13.8. The Morgan fingerprint density at radius 2 is 1.58 bits per heavy atom. The highest BCUT2D eigenvalue weighted by atomic mass is 19.4. The number of alkyl halides is 5. The van der Waals surface area contributed by atoms with E-state index in [9.17, 15) is 26.3 Å². The normalized spacial score (nSPS) is 24.7. The van der Waals surface area contributed by atoms with Gasteiger partial charge in [0.05, 0.1) is 6.54 Å². The summed E-state index contributed by atoms with van der Waals surface area (Å²) in [6.07, 6.45) is -5.68. The van der Waals surface area contributed by atoms with E-state index in [0.29, 0.717) is 0 Å². The summed E-state index contributed by atoms with van der Waals surface area (Å²) in [6.45, 7) is 0.184. The maximum Gasteiger partial charge on any atom is 0.460 e. The zero-order chi connectivity index (χ0) is 14.3. The van der Waals surface area contributed by atoms with E-state index in [1.54, 1.807) is 0 Å². The van der Waals surface area contributed by atoms with Crippen LogP contribution in [0.2, 0.25) is 0 Å². The lowest BCUT2D eigenvalue weighted by molar-refractivity contribution is -0.744. The predicted molar refractivity (Wildman–Crippen MR) is 55.1 cm³/mol. The second kappa shape index (κ2) is 4.40. The van der Waals surface area contributed by atoms with E-state index >= 15 is 0 Å². The summed E-state index contributed by atoms with van der Waals surface area (Å²) >= 11 is 0. The van der Waals surface area contributed by atoms with E-state index in [1.165, 1.54) is 0 Å². The standard InChI is InChI=1S/C12H11F6N/c13-9-4-2-8(3-5-9)10(6-1-7-19-10)11(14,15)12(16,17)18/h2-5,19H,1,6-7H2/p+1/t10-/m1/s1. The van der Waals surface area contributed by atoms with Crippen molar-refractivity contribution in [2.45, 2.75) is 30.5 Å². The smallest absolute Gasteiger partial charge is 0.332 e. The van der Waals surface area contributed by atoms with Gasteiger partial charge < -0.3 is 5.32 Å². The Labute approximate surface area is 105 Å². The summed E-state index contributed by atoms with van der Waals surface area (Å²) in [7, 11) is 0. The molecular formula is C12H12F6N+. The summed E-state index contributed by atoms with van der Waals surface area (Å²) in [4.78, 5) is 0. The largest absolute Gasteiger partial charge is 0.460 e. The molecule has 0 saturated carbocycles. The number of nitrogens with two attached hydrogens (primary N) is 1. The predicted octanol–water partition coefficient (Wildman–Crippen LogP) is 2.58. The quantitative estimate of drug-likeness (QED) is 0.804. The van der Waals surface area contributed by atoms with E-state index in [2.05, 4.69) is 0 Å². The van der Waals surface area contributed by atoms with E-state index in [-0.39, 0.29) is 24.9 Å². The summed E-state index contributed by atoms with van der Waals surface area (Å²) in [5.74, 6) is -5.54. The van der Waals surface area contributed by atoms with Crippen LogP contribution in [-0.2, 0) is 5.54 Å². The SMILES string of the molecule is Fc1ccc([C@@]2(C(F)(F)C(F)(F)F)CCC[NH2+]2)cc1. The molecule has 1 aromatic carbocycles. The minimum atomic E-state index is -5.64. The Kier molecular flexibility index (Phi) is 3.28. The van der Waals surface area contributed by atoms with Crippen molar-refractivity contribution in [1.82, 2.24) is 0 Å². The molecule has 0 bridgehead atoms. The van der Waals surface area contributed by atoms with Crippen molar-refractivity contribution < 1.29 is 31.7 Å². The highest BCUT2D eigenvalue weighted by Crippen LogP contribution is 2.49. The molecule has 1 saturated heterocycles. The first-order chi connectivity index (χ1) is 8.71. The van der Waals surface area contributed by atoms with Gasteiger partial charge in [-0.2, -0.15) is 22.0 Å². The van der Waals surface area contributed by atoms with Crippen molar-refractivity contribution >= 4 is 0 Å². The molecule has 0 unspecified atom stereocenters. The molecule has 0 aromatic heterocycles. The second-order valence-electron chi connectivity index (χ2n) is 4.65. The molecule has 106 valence electrons. The zero-order valence-electron chi connectivity index (χ0n) is 9.78. The van der Waals surface area contributed by atoms with Gasteiger partial charge in [0.2, 0.25) is 0 Å². The summed E-state index contributed by atoms with van der Waals surface area (Å²) < 4.78 is 78.4. The van der Waals surface area contributed by atoms with Crippen LogP contribution < -0.4 is 5.32 Å². The molecule has 1 fully saturated rings. The molecule has 2 rings (SSSR count). The van der Waals surface area contributed by atoms with Gasteiger partial charge in [0, 0.05) is 18.4 Å². The van der Waals surface area contributed by atoms with E-state index < -0.39 is 23.5 Å². The van der Waals surface area contributed by atoms with Gasteiger partial charge in [0.25, 0.3) is 0 Å². The maximum absolute atomic E-state index is 13.8. The Balaban J connectivity index is 2.53. The van der Waals surface area contributed by atoms with Crippen LogP contribution in [-0.4, -0.2) is 18.6 Å². The van der Waals surface area contributed by atoms with Crippen LogP contribution in [0, 0.1) is 5.82 Å². The number of hydrogen-bond acceptors (Lipinski definition) is 0. The Bertz CT molecular complexity index is 444. The highest BCUT2D eigenvalue weighted by Gasteiger charge is 2.74. The van der Waals surface area contributed by atoms with Crippen molar-refractivity contribution in [2.75, 3.05) is 6.54 Å². The molecule has 1 nitrogen and oxygen atoms in total. The fraction of sp³-hybridized carbons (Fsp3) is 0.500. The third kappa shape index (κ3) is 2.09. The third-order valence-corrected chi connectivity index (χ3v) is 3.54. The van der Waals surface area contributed by atoms with Gasteiger partial charge in [-0.1, -0.05) is 0 Å². The van der Waals surface area contributed by atoms with Crippen LogP contribution in [0.25, 0.3) is 0 Å². The molecule has 0 aliphatic carbocycles. The fourth-order valence-electron chi connectivity index (χ4n) is 2.56. The van der Waals surface area contributed by atoms with Crippen LogP contribution in [0.3, 0.4) is 0 Å². The first-order valence-electron chi connectivity index (χ1n) is 5.76. The number of quaternary nitrogens is 1. The summed E-state index contributed by atoms with van der Waals surface area (Å²) in [5.41, 5.74) is -2.59. The lowest BCUT2D eigenvalue weighted by Gasteiger charge is -2.35. The monoisotopic (exact) mass is 284 g/mol. The lowest BCUT2D eigenvalue weighted by atomic mass is 9.81. The molecule has 1 aromatic rings. The first-order valence-corrected chi connectivity index (χ1v) is 5.76. The van der Waals surface area contributed by atoms with Crippen molar-refractivity contribution in [3.05, 3.63) is 35.6 Å². The molecule has 1 heterocycles. The summed E-state index contributed by atoms with van der Waals surface area (Å²) in [5, 5.41) is 1.01. The van der Waals surface area contributed by atoms with Gasteiger partial charge in [-0.3, -0.25) is 0 Å². The molecule has 7 heteroatoms. The Hall–Kier alpha value is -1.24. The number of hydrogen-bond donors (Lipinski definition) is 1. The zero-order valence-corrected chi connectivity index (χ0v) is 9.78. The van der Waals surface area contributed by atoms with E-state index in [1.807, 2.05) is 0 Å². The Morgan fingerprint density at radius 1 is 1.00 bits per heavy atom. The average molecular weight is 284 g/mol. The van der Waals surface area contributed by atoms with Crippen LogP contribution in [0.15, 0.2) is 24.3 Å². The second-order valence-corrected chi connectivity index (χ2v) is 4.65. The highest BCUT2D eigenvalue weighted by molar-refractivity contribution is 5.27. The summed E-state index contributed by atoms with van der Waals surface area (Å²) in [6, 6.07) is 3.79. The molecule has 1 aliphatic rings. The first kappa shape index (κ1) is 14.2. The topological polar surface area (TPSA) is 16.6 Å². The van der Waals surface area contributed by atoms with Crippen LogP contribution in [0.4, 0.5) is 26.3 Å². The number of benzene rings is 1. The lowest BCUT2D eigenvalue weighted by Crippen LogP contribution is -2.96. The van der Waals surface area contributed by atoms with Gasteiger partial charge in [0.15, 0.2) is 5.54 Å². The van der Waals surface area contributed by atoms with Gasteiger partial charge in [0.1, 0.15) is 5.82 Å². The third-order valence-electron chi connectivity index (χ3n) is 3.54. The molecule has 0 spiro atoms. The molecule has 2 N–H and O–H groups in total. The molecular weight excluding hydrogens is 272 g/mol. The number of rotatable bonds is 2. The van der Waals surface area contributed by atoms with E-state index in [0.717, 1.165) is 29.6 Å². The van der Waals surface area contributed by atoms with Crippen molar-refractivity contribution in [2.24, 2.45) is 0 Å².